The summed E-state index contributed by atoms with van der Waals surface area (Å²) >= 11 is 0. The standard InChI is InChI=1S/C19H40/c1-7-8-9-10-11-14-18(6)19(17(4)5)15-12-13-16(2)3/h16-19H,7-15H2,1-6H3. The van der Waals surface area contributed by atoms with Gasteiger partial charge in [-0.2, -0.15) is 0 Å². The summed E-state index contributed by atoms with van der Waals surface area (Å²) in [7, 11) is 0. The summed E-state index contributed by atoms with van der Waals surface area (Å²) in [6.07, 6.45) is 12.9. The summed E-state index contributed by atoms with van der Waals surface area (Å²) in [6, 6.07) is 0. The fourth-order valence-corrected chi connectivity index (χ4v) is 3.32. The Morgan fingerprint density at radius 2 is 1.26 bits per heavy atom. The van der Waals surface area contributed by atoms with Gasteiger partial charge in [-0.05, 0) is 30.1 Å². The molecule has 0 aromatic rings. The molecule has 116 valence electrons. The van der Waals surface area contributed by atoms with Crippen LogP contribution in [0.25, 0.3) is 0 Å². The van der Waals surface area contributed by atoms with E-state index in [9.17, 15) is 0 Å². The van der Waals surface area contributed by atoms with Crippen molar-refractivity contribution in [1.29, 1.82) is 0 Å². The Labute approximate surface area is 123 Å². The Kier molecular flexibility index (Phi) is 11.8. The van der Waals surface area contributed by atoms with Crippen molar-refractivity contribution in [2.45, 2.75) is 99.3 Å². The topological polar surface area (TPSA) is 0 Å². The number of hydrogen-bond acceptors (Lipinski definition) is 0. The van der Waals surface area contributed by atoms with Crippen LogP contribution in [0.2, 0.25) is 0 Å². The molecule has 0 radical (unpaired) electrons. The van der Waals surface area contributed by atoms with E-state index >= 15 is 0 Å². The molecule has 2 unspecified atom stereocenters. The Hall–Kier alpha value is 0. The lowest BCUT2D eigenvalue weighted by molar-refractivity contribution is 0.227. The van der Waals surface area contributed by atoms with Gasteiger partial charge in [0, 0.05) is 0 Å². The molecule has 2 atom stereocenters. The molecule has 0 fully saturated rings. The minimum atomic E-state index is 0.859. The normalized spacial score (nSPS) is 15.2. The van der Waals surface area contributed by atoms with E-state index in [1.54, 1.807) is 0 Å². The third-order valence-corrected chi connectivity index (χ3v) is 4.67. The first-order chi connectivity index (χ1) is 8.99. The maximum Gasteiger partial charge on any atom is -0.0365 e. The van der Waals surface area contributed by atoms with Crippen LogP contribution in [0.1, 0.15) is 99.3 Å². The zero-order chi connectivity index (χ0) is 14.7. The predicted molar refractivity (Wildman–Crippen MR) is 89.6 cm³/mol. The van der Waals surface area contributed by atoms with Gasteiger partial charge in [0.05, 0.1) is 0 Å². The van der Waals surface area contributed by atoms with Gasteiger partial charge >= 0.3 is 0 Å². The minimum Gasteiger partial charge on any atom is -0.0654 e. The molecule has 0 amide bonds. The van der Waals surface area contributed by atoms with Crippen LogP contribution >= 0.6 is 0 Å². The summed E-state index contributed by atoms with van der Waals surface area (Å²) in [5.74, 6) is 3.61. The molecule has 0 aliphatic rings. The molecule has 0 bridgehead atoms. The molecule has 0 heterocycles. The predicted octanol–water partition coefficient (Wildman–Crippen LogP) is 7.08. The van der Waals surface area contributed by atoms with Crippen molar-refractivity contribution in [3.05, 3.63) is 0 Å². The molecule has 0 N–H and O–H groups in total. The molecular formula is C19H40. The highest BCUT2D eigenvalue weighted by atomic mass is 14.3. The van der Waals surface area contributed by atoms with Crippen molar-refractivity contribution in [2.24, 2.45) is 23.7 Å². The van der Waals surface area contributed by atoms with Crippen LogP contribution in [0.3, 0.4) is 0 Å². The summed E-state index contributed by atoms with van der Waals surface area (Å²) in [6.45, 7) is 14.3. The van der Waals surface area contributed by atoms with Crippen molar-refractivity contribution in [3.63, 3.8) is 0 Å². The van der Waals surface area contributed by atoms with Crippen molar-refractivity contribution < 1.29 is 0 Å². The first-order valence-electron chi connectivity index (χ1n) is 8.99. The van der Waals surface area contributed by atoms with E-state index in [-0.39, 0.29) is 0 Å². The van der Waals surface area contributed by atoms with Crippen LogP contribution in [0.4, 0.5) is 0 Å². The zero-order valence-corrected chi connectivity index (χ0v) is 14.7. The highest BCUT2D eigenvalue weighted by Gasteiger charge is 2.20. The van der Waals surface area contributed by atoms with Crippen molar-refractivity contribution in [1.82, 2.24) is 0 Å². The Bertz CT molecular complexity index is 180. The lowest BCUT2D eigenvalue weighted by Gasteiger charge is -2.28. The minimum absolute atomic E-state index is 0.859. The zero-order valence-electron chi connectivity index (χ0n) is 14.7. The summed E-state index contributed by atoms with van der Waals surface area (Å²) in [5.41, 5.74) is 0. The van der Waals surface area contributed by atoms with Gasteiger partial charge in [-0.1, -0.05) is 92.9 Å². The average molecular weight is 269 g/mol. The number of hydrogen-bond donors (Lipinski definition) is 0. The van der Waals surface area contributed by atoms with E-state index in [0.717, 1.165) is 23.7 Å². The lowest BCUT2D eigenvalue weighted by Crippen LogP contribution is -2.18. The van der Waals surface area contributed by atoms with Gasteiger partial charge in [0.15, 0.2) is 0 Å². The second-order valence-electron chi connectivity index (χ2n) is 7.41. The molecule has 0 spiro atoms. The van der Waals surface area contributed by atoms with Gasteiger partial charge in [-0.15, -0.1) is 0 Å². The van der Waals surface area contributed by atoms with Crippen LogP contribution in [-0.4, -0.2) is 0 Å². The molecule has 0 aromatic heterocycles. The van der Waals surface area contributed by atoms with Gasteiger partial charge in [-0.25, -0.2) is 0 Å². The maximum atomic E-state index is 2.50. The molecule has 0 aliphatic heterocycles. The Balaban J connectivity index is 3.87. The van der Waals surface area contributed by atoms with Crippen molar-refractivity contribution >= 4 is 0 Å². The van der Waals surface area contributed by atoms with Crippen molar-refractivity contribution in [3.8, 4) is 0 Å². The second-order valence-corrected chi connectivity index (χ2v) is 7.41. The first-order valence-corrected chi connectivity index (χ1v) is 8.99. The van der Waals surface area contributed by atoms with E-state index < -0.39 is 0 Å². The van der Waals surface area contributed by atoms with E-state index in [4.69, 9.17) is 0 Å². The van der Waals surface area contributed by atoms with Gasteiger partial charge in [0.2, 0.25) is 0 Å². The third-order valence-electron chi connectivity index (χ3n) is 4.67. The molecule has 0 nitrogen and oxygen atoms in total. The molecule has 0 aliphatic carbocycles. The molecule has 0 saturated carbocycles. The van der Waals surface area contributed by atoms with Crippen LogP contribution < -0.4 is 0 Å². The van der Waals surface area contributed by atoms with Crippen LogP contribution in [0.5, 0.6) is 0 Å². The van der Waals surface area contributed by atoms with E-state index in [0.29, 0.717) is 0 Å². The second kappa shape index (κ2) is 11.8. The molecule has 0 saturated heterocycles. The third kappa shape index (κ3) is 10.4. The quantitative estimate of drug-likeness (QED) is 0.332. The summed E-state index contributed by atoms with van der Waals surface area (Å²) in [4.78, 5) is 0. The van der Waals surface area contributed by atoms with Crippen LogP contribution in [0.15, 0.2) is 0 Å². The fraction of sp³-hybridized carbons (Fsp3) is 1.00. The monoisotopic (exact) mass is 268 g/mol. The highest BCUT2D eigenvalue weighted by molar-refractivity contribution is 4.70. The van der Waals surface area contributed by atoms with E-state index in [2.05, 4.69) is 41.5 Å². The first kappa shape index (κ1) is 19.0. The van der Waals surface area contributed by atoms with Crippen LogP contribution in [-0.2, 0) is 0 Å². The highest BCUT2D eigenvalue weighted by Crippen LogP contribution is 2.30. The SMILES string of the molecule is CCCCCCCC(C)C(CCCC(C)C)C(C)C. The Morgan fingerprint density at radius 1 is 0.632 bits per heavy atom. The van der Waals surface area contributed by atoms with Gasteiger partial charge in [0.25, 0.3) is 0 Å². The molecule has 0 aromatic carbocycles. The van der Waals surface area contributed by atoms with E-state index in [1.807, 2.05) is 0 Å². The smallest absolute Gasteiger partial charge is 0.0365 e. The van der Waals surface area contributed by atoms with Gasteiger partial charge in [0.1, 0.15) is 0 Å². The largest absolute Gasteiger partial charge is 0.0654 e. The molecule has 0 heteroatoms. The number of rotatable bonds is 12. The molecule has 0 rings (SSSR count). The van der Waals surface area contributed by atoms with E-state index in [1.165, 1.54) is 57.8 Å². The van der Waals surface area contributed by atoms with Gasteiger partial charge < -0.3 is 0 Å². The van der Waals surface area contributed by atoms with Crippen LogP contribution in [0, 0.1) is 23.7 Å². The maximum absolute atomic E-state index is 2.50. The van der Waals surface area contributed by atoms with Gasteiger partial charge in [-0.3, -0.25) is 0 Å². The van der Waals surface area contributed by atoms with Crippen molar-refractivity contribution in [2.75, 3.05) is 0 Å². The number of unbranched alkanes of at least 4 members (excludes halogenated alkanes) is 4. The average Bonchev–Trinajstić information content (AvgIpc) is 2.33. The Morgan fingerprint density at radius 3 is 1.79 bits per heavy atom. The fourth-order valence-electron chi connectivity index (χ4n) is 3.32. The summed E-state index contributed by atoms with van der Waals surface area (Å²) < 4.78 is 0. The lowest BCUT2D eigenvalue weighted by atomic mass is 9.78. The molecule has 19 heavy (non-hydrogen) atoms. The molecular weight excluding hydrogens is 228 g/mol. The summed E-state index contributed by atoms with van der Waals surface area (Å²) in [5, 5.41) is 0.